The largest absolute Gasteiger partial charge is 0.427 e. The van der Waals surface area contributed by atoms with E-state index in [1.54, 1.807) is 42.5 Å². The predicted octanol–water partition coefficient (Wildman–Crippen LogP) is 0.754. The SMILES string of the molecule is CC(=O)Oc1cccc(C(=O)NCCNC(=O)CN2C(=O)c3ccccc3C2=O)c1. The minimum Gasteiger partial charge on any atom is -0.427 e. The molecule has 0 unspecified atom stereocenters. The molecule has 0 saturated carbocycles. The molecular formula is C21H19N3O6. The first-order valence-corrected chi connectivity index (χ1v) is 9.15. The average Bonchev–Trinajstić information content (AvgIpc) is 2.96. The van der Waals surface area contributed by atoms with Crippen molar-refractivity contribution in [1.82, 2.24) is 15.5 Å². The van der Waals surface area contributed by atoms with Crippen LogP contribution in [0.15, 0.2) is 48.5 Å². The molecule has 3 rings (SSSR count). The van der Waals surface area contributed by atoms with Crippen LogP contribution in [0.2, 0.25) is 0 Å². The third-order valence-electron chi connectivity index (χ3n) is 4.27. The third kappa shape index (κ3) is 4.69. The topological polar surface area (TPSA) is 122 Å². The molecule has 0 radical (unpaired) electrons. The van der Waals surface area contributed by atoms with E-state index in [4.69, 9.17) is 4.74 Å². The minimum absolute atomic E-state index is 0.109. The van der Waals surface area contributed by atoms with Crippen LogP contribution >= 0.6 is 0 Å². The van der Waals surface area contributed by atoms with Gasteiger partial charge in [0.25, 0.3) is 17.7 Å². The van der Waals surface area contributed by atoms with Crippen LogP contribution in [0.25, 0.3) is 0 Å². The lowest BCUT2D eigenvalue weighted by atomic mass is 10.1. The second-order valence-corrected chi connectivity index (χ2v) is 6.47. The lowest BCUT2D eigenvalue weighted by Crippen LogP contribution is -2.42. The molecule has 9 nitrogen and oxygen atoms in total. The molecule has 2 aromatic carbocycles. The maximum absolute atomic E-state index is 12.2. The van der Waals surface area contributed by atoms with E-state index >= 15 is 0 Å². The van der Waals surface area contributed by atoms with Crippen LogP contribution in [0.5, 0.6) is 5.75 Å². The van der Waals surface area contributed by atoms with Gasteiger partial charge in [0.2, 0.25) is 5.91 Å². The van der Waals surface area contributed by atoms with E-state index in [0.717, 1.165) is 4.90 Å². The lowest BCUT2D eigenvalue weighted by Gasteiger charge is -2.14. The molecule has 30 heavy (non-hydrogen) atoms. The smallest absolute Gasteiger partial charge is 0.308 e. The van der Waals surface area contributed by atoms with E-state index in [1.165, 1.54) is 13.0 Å². The number of imide groups is 1. The van der Waals surface area contributed by atoms with Crippen molar-refractivity contribution in [2.45, 2.75) is 6.92 Å². The van der Waals surface area contributed by atoms with Gasteiger partial charge in [-0.1, -0.05) is 18.2 Å². The number of hydrogen-bond donors (Lipinski definition) is 2. The molecular weight excluding hydrogens is 390 g/mol. The van der Waals surface area contributed by atoms with Crippen molar-refractivity contribution in [3.63, 3.8) is 0 Å². The highest BCUT2D eigenvalue weighted by Gasteiger charge is 2.36. The quantitative estimate of drug-likeness (QED) is 0.301. The fraction of sp³-hybridized carbons (Fsp3) is 0.190. The van der Waals surface area contributed by atoms with Crippen molar-refractivity contribution < 1.29 is 28.7 Å². The maximum atomic E-state index is 12.2. The molecule has 9 heteroatoms. The van der Waals surface area contributed by atoms with Gasteiger partial charge < -0.3 is 15.4 Å². The first-order chi connectivity index (χ1) is 14.4. The van der Waals surface area contributed by atoms with Gasteiger partial charge in [0.15, 0.2) is 0 Å². The second kappa shape index (κ2) is 8.99. The summed E-state index contributed by atoms with van der Waals surface area (Å²) in [5, 5.41) is 5.17. The summed E-state index contributed by atoms with van der Waals surface area (Å²) >= 11 is 0. The molecule has 0 saturated heterocycles. The van der Waals surface area contributed by atoms with Crippen molar-refractivity contribution in [2.24, 2.45) is 0 Å². The van der Waals surface area contributed by atoms with E-state index in [-0.39, 0.29) is 30.0 Å². The molecule has 0 aliphatic carbocycles. The molecule has 0 bridgehead atoms. The Hall–Kier alpha value is -4.01. The van der Waals surface area contributed by atoms with Crippen molar-refractivity contribution in [2.75, 3.05) is 19.6 Å². The first kappa shape index (κ1) is 20.7. The van der Waals surface area contributed by atoms with E-state index in [0.29, 0.717) is 5.56 Å². The zero-order chi connectivity index (χ0) is 21.7. The number of esters is 1. The summed E-state index contributed by atoms with van der Waals surface area (Å²) in [4.78, 5) is 60.6. The number of carbonyl (C=O) groups is 5. The number of hydrogen-bond acceptors (Lipinski definition) is 6. The van der Waals surface area contributed by atoms with Gasteiger partial charge in [0.05, 0.1) is 11.1 Å². The van der Waals surface area contributed by atoms with Crippen LogP contribution < -0.4 is 15.4 Å². The highest BCUT2D eigenvalue weighted by Crippen LogP contribution is 2.21. The number of ether oxygens (including phenoxy) is 1. The molecule has 154 valence electrons. The minimum atomic E-state index is -0.518. The Bertz CT molecular complexity index is 998. The number of benzene rings is 2. The van der Waals surface area contributed by atoms with Crippen LogP contribution in [-0.4, -0.2) is 54.1 Å². The highest BCUT2D eigenvalue weighted by molar-refractivity contribution is 6.22. The number of amides is 4. The van der Waals surface area contributed by atoms with E-state index in [1.807, 2.05) is 0 Å². The molecule has 0 spiro atoms. The highest BCUT2D eigenvalue weighted by atomic mass is 16.5. The van der Waals surface area contributed by atoms with Gasteiger partial charge in [-0.15, -0.1) is 0 Å². The Labute approximate surface area is 172 Å². The van der Waals surface area contributed by atoms with Crippen LogP contribution in [0.1, 0.15) is 38.0 Å². The van der Waals surface area contributed by atoms with E-state index in [2.05, 4.69) is 10.6 Å². The molecule has 0 atom stereocenters. The molecule has 0 aromatic heterocycles. The van der Waals surface area contributed by atoms with Crippen LogP contribution in [0.3, 0.4) is 0 Å². The lowest BCUT2D eigenvalue weighted by molar-refractivity contribution is -0.131. The van der Waals surface area contributed by atoms with Gasteiger partial charge in [0, 0.05) is 25.6 Å². The molecule has 1 aliphatic heterocycles. The summed E-state index contributed by atoms with van der Waals surface area (Å²) in [6.45, 7) is 1.10. The van der Waals surface area contributed by atoms with Gasteiger partial charge >= 0.3 is 5.97 Å². The fourth-order valence-corrected chi connectivity index (χ4v) is 2.93. The Balaban J connectivity index is 1.44. The summed E-state index contributed by atoms with van der Waals surface area (Å²) in [5.41, 5.74) is 0.850. The van der Waals surface area contributed by atoms with E-state index in [9.17, 15) is 24.0 Å². The average molecular weight is 409 g/mol. The van der Waals surface area contributed by atoms with Crippen molar-refractivity contribution in [3.8, 4) is 5.75 Å². The van der Waals surface area contributed by atoms with Crippen molar-refractivity contribution in [3.05, 3.63) is 65.2 Å². The first-order valence-electron chi connectivity index (χ1n) is 9.15. The van der Waals surface area contributed by atoms with Crippen molar-refractivity contribution >= 4 is 29.6 Å². The predicted molar refractivity (Wildman–Crippen MR) is 105 cm³/mol. The van der Waals surface area contributed by atoms with Gasteiger partial charge in [-0.25, -0.2) is 0 Å². The van der Waals surface area contributed by atoms with Gasteiger partial charge in [0.1, 0.15) is 12.3 Å². The zero-order valence-corrected chi connectivity index (χ0v) is 16.1. The zero-order valence-electron chi connectivity index (χ0n) is 16.1. The fourth-order valence-electron chi connectivity index (χ4n) is 2.93. The van der Waals surface area contributed by atoms with Crippen LogP contribution in [0.4, 0.5) is 0 Å². The van der Waals surface area contributed by atoms with Gasteiger partial charge in [-0.05, 0) is 30.3 Å². The number of fused-ring (bicyclic) bond motifs is 1. The summed E-state index contributed by atoms with van der Waals surface area (Å²) in [7, 11) is 0. The number of carbonyl (C=O) groups excluding carboxylic acids is 5. The molecule has 2 aromatic rings. The van der Waals surface area contributed by atoms with Gasteiger partial charge in [-0.3, -0.25) is 28.9 Å². The Morgan fingerprint density at radius 3 is 2.17 bits per heavy atom. The van der Waals surface area contributed by atoms with Crippen molar-refractivity contribution in [1.29, 1.82) is 0 Å². The molecule has 2 N–H and O–H groups in total. The molecule has 0 fully saturated rings. The summed E-state index contributed by atoms with van der Waals surface area (Å²) in [6, 6.07) is 12.5. The second-order valence-electron chi connectivity index (χ2n) is 6.47. The molecule has 1 aliphatic rings. The summed E-state index contributed by atoms with van der Waals surface area (Å²) in [5.74, 6) is -2.18. The third-order valence-corrected chi connectivity index (χ3v) is 4.27. The molecule has 4 amide bonds. The molecule has 1 heterocycles. The Kier molecular flexibility index (Phi) is 6.21. The number of nitrogens with one attached hydrogen (secondary N) is 2. The normalized spacial score (nSPS) is 12.4. The Morgan fingerprint density at radius 2 is 1.53 bits per heavy atom. The maximum Gasteiger partial charge on any atom is 0.308 e. The Morgan fingerprint density at radius 1 is 0.900 bits per heavy atom. The standard InChI is InChI=1S/C21H19N3O6/c1-13(25)30-15-6-4-5-14(11-15)19(27)23-10-9-22-18(26)12-24-20(28)16-7-2-3-8-17(16)21(24)29/h2-8,11H,9-10,12H2,1H3,(H,22,26)(H,23,27). The summed E-state index contributed by atoms with van der Waals surface area (Å²) < 4.78 is 4.93. The van der Waals surface area contributed by atoms with Crippen LogP contribution in [-0.2, 0) is 9.59 Å². The summed E-state index contributed by atoms with van der Waals surface area (Å²) in [6.07, 6.45) is 0. The number of rotatable bonds is 7. The number of nitrogens with zero attached hydrogens (tertiary/aromatic N) is 1. The van der Waals surface area contributed by atoms with E-state index < -0.39 is 36.1 Å². The van der Waals surface area contributed by atoms with Crippen LogP contribution in [0, 0.1) is 0 Å². The van der Waals surface area contributed by atoms with Gasteiger partial charge in [-0.2, -0.15) is 0 Å². The monoisotopic (exact) mass is 409 g/mol.